The van der Waals surface area contributed by atoms with Crippen LogP contribution in [0.5, 0.6) is 0 Å². The lowest BCUT2D eigenvalue weighted by Crippen LogP contribution is -2.30. The van der Waals surface area contributed by atoms with Gasteiger partial charge < -0.3 is 14.2 Å². The van der Waals surface area contributed by atoms with Crippen LogP contribution >= 0.6 is 0 Å². The molecule has 6 heteroatoms. The highest BCUT2D eigenvalue weighted by molar-refractivity contribution is 5.71. The van der Waals surface area contributed by atoms with Crippen LogP contribution in [0.1, 0.15) is 348 Å². The van der Waals surface area contributed by atoms with Gasteiger partial charge in [-0.25, -0.2) is 0 Å². The van der Waals surface area contributed by atoms with E-state index in [1.165, 1.54) is 218 Å². The molecule has 0 aromatic carbocycles. The minimum absolute atomic E-state index is 0.0785. The summed E-state index contributed by atoms with van der Waals surface area (Å²) >= 11 is 0. The Labute approximate surface area is 484 Å². The van der Waals surface area contributed by atoms with Crippen LogP contribution in [0, 0.1) is 0 Å². The maximum atomic E-state index is 12.9. The maximum absolute atomic E-state index is 12.9. The van der Waals surface area contributed by atoms with Gasteiger partial charge in [-0.05, 0) is 109 Å². The van der Waals surface area contributed by atoms with Crippen molar-refractivity contribution in [1.29, 1.82) is 0 Å². The largest absolute Gasteiger partial charge is 0.462 e. The Kier molecular flexibility index (Phi) is 63.7. The molecular formula is C72H128O6. The first-order valence-corrected chi connectivity index (χ1v) is 33.9. The van der Waals surface area contributed by atoms with E-state index in [0.29, 0.717) is 19.3 Å². The summed E-state index contributed by atoms with van der Waals surface area (Å²) in [7, 11) is 0. The smallest absolute Gasteiger partial charge is 0.306 e. The Morgan fingerprint density at radius 3 is 0.782 bits per heavy atom. The number of hydrogen-bond acceptors (Lipinski definition) is 6. The Hall–Kier alpha value is -3.15. The first-order chi connectivity index (χ1) is 38.5. The number of allylic oxidation sites excluding steroid dienone is 12. The third-order valence-corrected chi connectivity index (χ3v) is 14.9. The standard InChI is InChI=1S/C72H128O6/c1-4-7-10-13-16-19-22-24-26-28-30-32-34-36-38-40-42-44-46-48-50-53-56-59-62-65-71(74)77-68-69(67-76-70(73)64-61-58-55-52-21-18-15-12-9-6-3)78-72(75)66-63-60-57-54-51-49-47-45-43-41-39-37-35-33-31-29-27-25-23-20-17-14-11-8-5-2/h12,15,22-25,28-31,34,36,69H,4-11,13-14,16-21,26-27,32-33,35,37-68H2,1-3H3/b15-12-,24-22-,25-23-,30-28-,31-29-,36-34-. The topological polar surface area (TPSA) is 78.9 Å². The number of hydrogen-bond donors (Lipinski definition) is 0. The molecule has 0 spiro atoms. The average Bonchev–Trinajstić information content (AvgIpc) is 3.44. The van der Waals surface area contributed by atoms with Gasteiger partial charge in [-0.2, -0.15) is 0 Å². The van der Waals surface area contributed by atoms with E-state index < -0.39 is 6.10 Å². The lowest BCUT2D eigenvalue weighted by Gasteiger charge is -2.18. The van der Waals surface area contributed by atoms with E-state index in [0.717, 1.165) is 89.9 Å². The van der Waals surface area contributed by atoms with Crippen LogP contribution in [-0.4, -0.2) is 37.2 Å². The molecule has 0 N–H and O–H groups in total. The van der Waals surface area contributed by atoms with Gasteiger partial charge in [0.2, 0.25) is 0 Å². The molecule has 0 amide bonds. The first-order valence-electron chi connectivity index (χ1n) is 33.9. The molecule has 452 valence electrons. The maximum Gasteiger partial charge on any atom is 0.306 e. The van der Waals surface area contributed by atoms with Gasteiger partial charge in [-0.15, -0.1) is 0 Å². The van der Waals surface area contributed by atoms with Crippen molar-refractivity contribution in [2.24, 2.45) is 0 Å². The summed E-state index contributed by atoms with van der Waals surface area (Å²) < 4.78 is 16.9. The Balaban J connectivity index is 4.21. The van der Waals surface area contributed by atoms with Crippen LogP contribution in [-0.2, 0) is 28.6 Å². The fourth-order valence-corrected chi connectivity index (χ4v) is 9.78. The van der Waals surface area contributed by atoms with E-state index in [9.17, 15) is 14.4 Å². The summed E-state index contributed by atoms with van der Waals surface area (Å²) in [5, 5.41) is 0. The van der Waals surface area contributed by atoms with Gasteiger partial charge in [0.25, 0.3) is 0 Å². The molecule has 0 radical (unpaired) electrons. The number of carbonyl (C=O) groups excluding carboxylic acids is 3. The van der Waals surface area contributed by atoms with Gasteiger partial charge in [0.1, 0.15) is 13.2 Å². The summed E-state index contributed by atoms with van der Waals surface area (Å²) in [6, 6.07) is 0. The normalized spacial score (nSPS) is 12.5. The molecule has 0 aliphatic heterocycles. The van der Waals surface area contributed by atoms with E-state index in [1.54, 1.807) is 0 Å². The lowest BCUT2D eigenvalue weighted by molar-refractivity contribution is -0.167. The molecule has 0 aromatic heterocycles. The van der Waals surface area contributed by atoms with E-state index in [4.69, 9.17) is 14.2 Å². The second-order valence-corrected chi connectivity index (χ2v) is 22.7. The van der Waals surface area contributed by atoms with Gasteiger partial charge >= 0.3 is 17.9 Å². The molecular weight excluding hydrogens is 961 g/mol. The molecule has 1 atom stereocenters. The number of ether oxygens (including phenoxy) is 3. The monoisotopic (exact) mass is 1090 g/mol. The van der Waals surface area contributed by atoms with Gasteiger partial charge in [-0.1, -0.05) is 293 Å². The SMILES string of the molecule is CCC/C=C\CCCCCCCC(=O)OCC(COC(=O)CCCCCCCCCCCC/C=C\C/C=C\C/C=C\CCCCCCC)OC(=O)CCCCCCCCCCCCCCC/C=C\C/C=C\CCCCCCC. The van der Waals surface area contributed by atoms with Crippen LogP contribution < -0.4 is 0 Å². The summed E-state index contributed by atoms with van der Waals surface area (Å²) in [5.41, 5.74) is 0. The molecule has 0 heterocycles. The zero-order valence-electron chi connectivity index (χ0n) is 51.9. The van der Waals surface area contributed by atoms with Crippen LogP contribution in [0.4, 0.5) is 0 Å². The van der Waals surface area contributed by atoms with Gasteiger partial charge in [0.05, 0.1) is 0 Å². The van der Waals surface area contributed by atoms with Crippen molar-refractivity contribution in [2.45, 2.75) is 354 Å². The van der Waals surface area contributed by atoms with Crippen LogP contribution in [0.2, 0.25) is 0 Å². The van der Waals surface area contributed by atoms with Crippen molar-refractivity contribution in [2.75, 3.05) is 13.2 Å². The summed E-state index contributed by atoms with van der Waals surface area (Å²) in [5.74, 6) is -0.878. The molecule has 0 aliphatic rings. The van der Waals surface area contributed by atoms with E-state index in [-0.39, 0.29) is 31.1 Å². The van der Waals surface area contributed by atoms with Crippen molar-refractivity contribution >= 4 is 17.9 Å². The van der Waals surface area contributed by atoms with E-state index in [1.807, 2.05) is 0 Å². The van der Waals surface area contributed by atoms with Crippen molar-refractivity contribution in [3.8, 4) is 0 Å². The molecule has 1 unspecified atom stereocenters. The highest BCUT2D eigenvalue weighted by Crippen LogP contribution is 2.17. The van der Waals surface area contributed by atoms with Crippen LogP contribution in [0.25, 0.3) is 0 Å². The van der Waals surface area contributed by atoms with Crippen molar-refractivity contribution in [3.63, 3.8) is 0 Å². The fraction of sp³-hybridized carbons (Fsp3) is 0.792. The molecule has 0 aromatic rings. The summed E-state index contributed by atoms with van der Waals surface area (Å²) in [6.45, 7) is 6.59. The number of esters is 3. The van der Waals surface area contributed by atoms with Crippen molar-refractivity contribution < 1.29 is 28.6 Å². The molecule has 6 nitrogen and oxygen atoms in total. The second-order valence-electron chi connectivity index (χ2n) is 22.7. The third-order valence-electron chi connectivity index (χ3n) is 14.9. The highest BCUT2D eigenvalue weighted by atomic mass is 16.6. The molecule has 0 bridgehead atoms. The zero-order chi connectivity index (χ0) is 56.4. The second kappa shape index (κ2) is 66.4. The minimum atomic E-state index is -0.781. The highest BCUT2D eigenvalue weighted by Gasteiger charge is 2.19. The Morgan fingerprint density at radius 2 is 0.487 bits per heavy atom. The fourth-order valence-electron chi connectivity index (χ4n) is 9.78. The quantitative estimate of drug-likeness (QED) is 0.0261. The van der Waals surface area contributed by atoms with E-state index >= 15 is 0 Å². The molecule has 0 aliphatic carbocycles. The van der Waals surface area contributed by atoms with Crippen LogP contribution in [0.15, 0.2) is 72.9 Å². The Morgan fingerprint density at radius 1 is 0.256 bits per heavy atom. The number of rotatable bonds is 62. The minimum Gasteiger partial charge on any atom is -0.462 e. The van der Waals surface area contributed by atoms with Crippen molar-refractivity contribution in [1.82, 2.24) is 0 Å². The molecule has 0 fully saturated rings. The van der Waals surface area contributed by atoms with Crippen molar-refractivity contribution in [3.05, 3.63) is 72.9 Å². The van der Waals surface area contributed by atoms with E-state index in [2.05, 4.69) is 93.7 Å². The van der Waals surface area contributed by atoms with Gasteiger partial charge in [0, 0.05) is 19.3 Å². The lowest BCUT2D eigenvalue weighted by atomic mass is 10.0. The van der Waals surface area contributed by atoms with Gasteiger partial charge in [-0.3, -0.25) is 14.4 Å². The summed E-state index contributed by atoms with van der Waals surface area (Å²) in [4.78, 5) is 38.3. The number of unbranched alkanes of at least 4 members (excludes halogenated alkanes) is 39. The Bertz CT molecular complexity index is 1440. The predicted molar refractivity (Wildman–Crippen MR) is 339 cm³/mol. The molecule has 0 saturated heterocycles. The van der Waals surface area contributed by atoms with Crippen LogP contribution in [0.3, 0.4) is 0 Å². The molecule has 78 heavy (non-hydrogen) atoms. The van der Waals surface area contributed by atoms with Gasteiger partial charge in [0.15, 0.2) is 6.10 Å². The zero-order valence-corrected chi connectivity index (χ0v) is 51.9. The molecule has 0 saturated carbocycles. The first kappa shape index (κ1) is 74.8. The number of carbonyl (C=O) groups is 3. The molecule has 0 rings (SSSR count). The third kappa shape index (κ3) is 63.7. The average molecular weight is 1090 g/mol. The predicted octanol–water partition coefficient (Wildman–Crippen LogP) is 23.3. The summed E-state index contributed by atoms with van der Waals surface area (Å²) in [6.07, 6.45) is 86.4.